The molecule has 2 aromatic rings. The van der Waals surface area contributed by atoms with E-state index in [1.807, 2.05) is 12.1 Å². The van der Waals surface area contributed by atoms with E-state index in [1.165, 1.54) is 0 Å². The number of amides is 1. The molecule has 1 atom stereocenters. The minimum absolute atomic E-state index is 0.164. The zero-order valence-corrected chi connectivity index (χ0v) is 12.1. The molecule has 110 valence electrons. The van der Waals surface area contributed by atoms with Crippen LogP contribution in [0.2, 0.25) is 0 Å². The molecule has 1 aromatic heterocycles. The van der Waals surface area contributed by atoms with E-state index in [0.29, 0.717) is 12.3 Å². The molecule has 0 unspecified atom stereocenters. The van der Waals surface area contributed by atoms with Crippen LogP contribution < -0.4 is 14.8 Å². The number of hydrogen-bond donors (Lipinski definition) is 1. The minimum Gasteiger partial charge on any atom is -0.497 e. The van der Waals surface area contributed by atoms with Crippen molar-refractivity contribution in [1.82, 2.24) is 10.3 Å². The zero-order chi connectivity index (χ0) is 15.1. The average Bonchev–Trinajstić information content (AvgIpc) is 2.54. The fourth-order valence-corrected chi connectivity index (χ4v) is 1.75. The molecule has 5 nitrogen and oxygen atoms in total. The number of rotatable bonds is 6. The van der Waals surface area contributed by atoms with Crippen LogP contribution in [0.1, 0.15) is 12.5 Å². The van der Waals surface area contributed by atoms with Crippen LogP contribution in [0.15, 0.2) is 48.8 Å². The van der Waals surface area contributed by atoms with Crippen molar-refractivity contribution >= 4 is 5.91 Å². The number of nitrogens with zero attached hydrogens (tertiary/aromatic N) is 1. The summed E-state index contributed by atoms with van der Waals surface area (Å²) in [6, 6.07) is 10.8. The zero-order valence-electron chi connectivity index (χ0n) is 12.1. The molecule has 0 aliphatic carbocycles. The number of nitrogens with one attached hydrogen (secondary N) is 1. The van der Waals surface area contributed by atoms with Gasteiger partial charge in [0.2, 0.25) is 0 Å². The Morgan fingerprint density at radius 2 is 1.76 bits per heavy atom. The normalized spacial score (nSPS) is 11.5. The Labute approximate surface area is 123 Å². The molecule has 0 saturated carbocycles. The summed E-state index contributed by atoms with van der Waals surface area (Å²) in [5.41, 5.74) is 0.995. The average molecular weight is 286 g/mol. The van der Waals surface area contributed by atoms with Gasteiger partial charge < -0.3 is 14.8 Å². The Balaban J connectivity index is 1.84. The number of methoxy groups -OCH3 is 1. The molecule has 1 N–H and O–H groups in total. The van der Waals surface area contributed by atoms with E-state index in [9.17, 15) is 4.79 Å². The monoisotopic (exact) mass is 286 g/mol. The van der Waals surface area contributed by atoms with Crippen molar-refractivity contribution in [1.29, 1.82) is 0 Å². The van der Waals surface area contributed by atoms with Gasteiger partial charge in [-0.3, -0.25) is 9.78 Å². The number of benzene rings is 1. The quantitative estimate of drug-likeness (QED) is 0.884. The Morgan fingerprint density at radius 3 is 2.38 bits per heavy atom. The van der Waals surface area contributed by atoms with E-state index >= 15 is 0 Å². The van der Waals surface area contributed by atoms with Crippen molar-refractivity contribution < 1.29 is 14.3 Å². The smallest absolute Gasteiger partial charge is 0.261 e. The highest BCUT2D eigenvalue weighted by Gasteiger charge is 2.14. The van der Waals surface area contributed by atoms with Gasteiger partial charge in [-0.05, 0) is 48.9 Å². The molecular formula is C16H18N2O3. The van der Waals surface area contributed by atoms with E-state index in [4.69, 9.17) is 9.47 Å². The molecule has 0 aliphatic heterocycles. The van der Waals surface area contributed by atoms with Crippen LogP contribution in [-0.2, 0) is 11.3 Å². The Bertz CT molecular complexity index is 570. The molecular weight excluding hydrogens is 268 g/mol. The first-order valence-corrected chi connectivity index (χ1v) is 6.66. The largest absolute Gasteiger partial charge is 0.497 e. The van der Waals surface area contributed by atoms with E-state index in [0.717, 1.165) is 11.3 Å². The maximum atomic E-state index is 12.0. The van der Waals surface area contributed by atoms with E-state index in [1.54, 1.807) is 50.7 Å². The maximum absolute atomic E-state index is 12.0. The lowest BCUT2D eigenvalue weighted by atomic mass is 10.2. The third-order valence-corrected chi connectivity index (χ3v) is 2.96. The summed E-state index contributed by atoms with van der Waals surface area (Å²) in [6.07, 6.45) is 2.82. The topological polar surface area (TPSA) is 60.5 Å². The van der Waals surface area contributed by atoms with Crippen molar-refractivity contribution in [3.05, 3.63) is 54.4 Å². The van der Waals surface area contributed by atoms with Gasteiger partial charge in [0.15, 0.2) is 6.10 Å². The van der Waals surface area contributed by atoms with Crippen LogP contribution in [0, 0.1) is 0 Å². The SMILES string of the molecule is COc1ccc(O[C@H](C)C(=O)NCc2ccncc2)cc1. The molecule has 0 spiro atoms. The van der Waals surface area contributed by atoms with Crippen LogP contribution in [0.3, 0.4) is 0 Å². The number of hydrogen-bond acceptors (Lipinski definition) is 4. The van der Waals surface area contributed by atoms with Gasteiger partial charge in [0.05, 0.1) is 7.11 Å². The van der Waals surface area contributed by atoms with Crippen LogP contribution >= 0.6 is 0 Å². The molecule has 1 heterocycles. The van der Waals surface area contributed by atoms with E-state index in [2.05, 4.69) is 10.3 Å². The van der Waals surface area contributed by atoms with E-state index in [-0.39, 0.29) is 5.91 Å². The Morgan fingerprint density at radius 1 is 1.14 bits per heavy atom. The molecule has 2 rings (SSSR count). The highest BCUT2D eigenvalue weighted by Crippen LogP contribution is 2.18. The molecule has 0 radical (unpaired) electrons. The van der Waals surface area contributed by atoms with Gasteiger partial charge in [-0.2, -0.15) is 0 Å². The van der Waals surface area contributed by atoms with Crippen molar-refractivity contribution in [3.8, 4) is 11.5 Å². The molecule has 1 amide bonds. The fraction of sp³-hybridized carbons (Fsp3) is 0.250. The summed E-state index contributed by atoms with van der Waals surface area (Å²) in [6.45, 7) is 2.17. The number of ether oxygens (including phenoxy) is 2. The molecule has 1 aromatic carbocycles. The van der Waals surface area contributed by atoms with Crippen molar-refractivity contribution in [2.75, 3.05) is 7.11 Å². The lowest BCUT2D eigenvalue weighted by molar-refractivity contribution is -0.127. The van der Waals surface area contributed by atoms with Crippen LogP contribution in [-0.4, -0.2) is 24.1 Å². The minimum atomic E-state index is -0.569. The fourth-order valence-electron chi connectivity index (χ4n) is 1.75. The first-order valence-electron chi connectivity index (χ1n) is 6.66. The molecule has 0 bridgehead atoms. The third-order valence-electron chi connectivity index (χ3n) is 2.96. The second-order valence-electron chi connectivity index (χ2n) is 4.51. The third kappa shape index (κ3) is 4.49. The van der Waals surface area contributed by atoms with Gasteiger partial charge in [-0.15, -0.1) is 0 Å². The summed E-state index contributed by atoms with van der Waals surface area (Å²) >= 11 is 0. The predicted octanol–water partition coefficient (Wildman–Crippen LogP) is 2.17. The van der Waals surface area contributed by atoms with Crippen LogP contribution in [0.4, 0.5) is 0 Å². The lowest BCUT2D eigenvalue weighted by Crippen LogP contribution is -2.35. The van der Waals surface area contributed by atoms with Gasteiger partial charge in [0.25, 0.3) is 5.91 Å². The summed E-state index contributed by atoms with van der Waals surface area (Å²) in [4.78, 5) is 15.9. The van der Waals surface area contributed by atoms with Crippen LogP contribution in [0.25, 0.3) is 0 Å². The lowest BCUT2D eigenvalue weighted by Gasteiger charge is -2.15. The second kappa shape index (κ2) is 7.28. The number of carbonyl (C=O) groups is 1. The highest BCUT2D eigenvalue weighted by atomic mass is 16.5. The van der Waals surface area contributed by atoms with Crippen molar-refractivity contribution in [2.24, 2.45) is 0 Å². The predicted molar refractivity (Wildman–Crippen MR) is 79.2 cm³/mol. The first-order chi connectivity index (χ1) is 10.2. The Kier molecular flexibility index (Phi) is 5.15. The summed E-state index contributed by atoms with van der Waals surface area (Å²) in [5.74, 6) is 1.21. The van der Waals surface area contributed by atoms with Crippen molar-refractivity contribution in [2.45, 2.75) is 19.6 Å². The molecule has 21 heavy (non-hydrogen) atoms. The molecule has 0 fully saturated rings. The summed E-state index contributed by atoms with van der Waals surface area (Å²) < 4.78 is 10.7. The first kappa shape index (κ1) is 14.8. The molecule has 0 aliphatic rings. The van der Waals surface area contributed by atoms with Gasteiger partial charge in [-0.25, -0.2) is 0 Å². The summed E-state index contributed by atoms with van der Waals surface area (Å²) in [7, 11) is 1.60. The van der Waals surface area contributed by atoms with Gasteiger partial charge >= 0.3 is 0 Å². The van der Waals surface area contributed by atoms with Crippen LogP contribution in [0.5, 0.6) is 11.5 Å². The molecule has 5 heteroatoms. The van der Waals surface area contributed by atoms with E-state index < -0.39 is 6.10 Å². The number of carbonyl (C=O) groups excluding carboxylic acids is 1. The van der Waals surface area contributed by atoms with Gasteiger partial charge in [0.1, 0.15) is 11.5 Å². The highest BCUT2D eigenvalue weighted by molar-refractivity contribution is 5.80. The molecule has 0 saturated heterocycles. The van der Waals surface area contributed by atoms with Gasteiger partial charge in [0, 0.05) is 18.9 Å². The number of aromatic nitrogens is 1. The van der Waals surface area contributed by atoms with Crippen molar-refractivity contribution in [3.63, 3.8) is 0 Å². The second-order valence-corrected chi connectivity index (χ2v) is 4.51. The van der Waals surface area contributed by atoms with Gasteiger partial charge in [-0.1, -0.05) is 0 Å². The standard InChI is InChI=1S/C16H18N2O3/c1-12(21-15-5-3-14(20-2)4-6-15)16(19)18-11-13-7-9-17-10-8-13/h3-10,12H,11H2,1-2H3,(H,18,19)/t12-/m1/s1. The number of pyridine rings is 1. The Hall–Kier alpha value is -2.56. The summed E-state index contributed by atoms with van der Waals surface area (Å²) in [5, 5.41) is 2.83. The maximum Gasteiger partial charge on any atom is 0.261 e.